The molecule has 0 aromatic carbocycles. The van der Waals surface area contributed by atoms with E-state index >= 15 is 0 Å². The van der Waals surface area contributed by atoms with Crippen LogP contribution in [0, 0.1) is 12.3 Å². The molecule has 212 valence electrons. The van der Waals surface area contributed by atoms with Crippen molar-refractivity contribution in [2.24, 2.45) is 0 Å². The van der Waals surface area contributed by atoms with E-state index in [0.717, 1.165) is 83.4 Å². The molecule has 2 unspecified atom stereocenters. The van der Waals surface area contributed by atoms with E-state index in [1.807, 2.05) is 0 Å². The SMILES string of the molecule is C#CCc1c(/C(=C\CC)CCC)ncc(CCNCCCCCP2(=O)SC2C)c1C(/C=C\C)=C/CC.CO. The van der Waals surface area contributed by atoms with E-state index in [0.29, 0.717) is 11.4 Å². The van der Waals surface area contributed by atoms with Crippen molar-refractivity contribution in [2.75, 3.05) is 26.4 Å². The molecule has 0 spiro atoms. The third kappa shape index (κ3) is 10.9. The third-order valence-corrected chi connectivity index (χ3v) is 13.1. The second kappa shape index (κ2) is 19.5. The van der Waals surface area contributed by atoms with Crippen molar-refractivity contribution in [2.45, 2.75) is 97.4 Å². The fraction of sp³-hybridized carbons (Fsp3) is 0.594. The van der Waals surface area contributed by atoms with Gasteiger partial charge in [0.2, 0.25) is 0 Å². The summed E-state index contributed by atoms with van der Waals surface area (Å²) < 4.78 is 12.3. The van der Waals surface area contributed by atoms with Crippen LogP contribution in [0.15, 0.2) is 30.5 Å². The molecule has 1 saturated heterocycles. The molecule has 1 fully saturated rings. The van der Waals surface area contributed by atoms with Gasteiger partial charge in [-0.05, 0) is 93.3 Å². The summed E-state index contributed by atoms with van der Waals surface area (Å²) in [5.74, 6) is 2.93. The molecule has 1 aromatic heterocycles. The number of hydrogen-bond donors (Lipinski definition) is 2. The number of rotatable bonds is 17. The minimum absolute atomic E-state index is 0.411. The van der Waals surface area contributed by atoms with Gasteiger partial charge >= 0.3 is 0 Å². The topological polar surface area (TPSA) is 62.2 Å². The van der Waals surface area contributed by atoms with Crippen LogP contribution in [0.25, 0.3) is 11.1 Å². The van der Waals surface area contributed by atoms with Crippen LogP contribution in [-0.2, 0) is 17.4 Å². The normalized spacial score (nSPS) is 19.3. The quantitative estimate of drug-likeness (QED) is 0.0660. The van der Waals surface area contributed by atoms with Crippen molar-refractivity contribution in [3.05, 3.63) is 52.9 Å². The number of terminal acetylenes is 1. The van der Waals surface area contributed by atoms with E-state index < -0.39 is 6.34 Å². The van der Waals surface area contributed by atoms with Crippen LogP contribution in [0.3, 0.4) is 0 Å². The Hall–Kier alpha value is -1.57. The zero-order chi connectivity index (χ0) is 28.4. The Morgan fingerprint density at radius 2 is 1.89 bits per heavy atom. The third-order valence-electron chi connectivity index (χ3n) is 6.60. The first-order valence-electron chi connectivity index (χ1n) is 14.3. The van der Waals surface area contributed by atoms with Crippen LogP contribution in [0.1, 0.15) is 102 Å². The number of aliphatic hydroxyl groups is 1. The first kappa shape index (κ1) is 34.5. The summed E-state index contributed by atoms with van der Waals surface area (Å²) in [5.41, 5.74) is 7.38. The zero-order valence-corrected chi connectivity index (χ0v) is 26.4. The van der Waals surface area contributed by atoms with Crippen molar-refractivity contribution in [1.29, 1.82) is 0 Å². The van der Waals surface area contributed by atoms with Crippen molar-refractivity contribution in [3.8, 4) is 12.3 Å². The van der Waals surface area contributed by atoms with Gasteiger partial charge in [-0.3, -0.25) is 4.98 Å². The number of aromatic nitrogens is 1. The lowest BCUT2D eigenvalue weighted by Crippen LogP contribution is -2.19. The van der Waals surface area contributed by atoms with Crippen LogP contribution < -0.4 is 5.32 Å². The van der Waals surface area contributed by atoms with E-state index in [2.05, 4.69) is 76.4 Å². The largest absolute Gasteiger partial charge is 0.400 e. The van der Waals surface area contributed by atoms with Gasteiger partial charge in [-0.1, -0.05) is 69.3 Å². The van der Waals surface area contributed by atoms with E-state index in [1.165, 1.54) is 27.8 Å². The molecule has 0 radical (unpaired) electrons. The van der Waals surface area contributed by atoms with Crippen LogP contribution >= 0.6 is 17.7 Å². The first-order valence-corrected chi connectivity index (χ1v) is 17.8. The molecule has 2 heterocycles. The molecule has 38 heavy (non-hydrogen) atoms. The van der Waals surface area contributed by atoms with Gasteiger partial charge in [-0.15, -0.1) is 12.3 Å². The van der Waals surface area contributed by atoms with Gasteiger partial charge in [0.25, 0.3) is 0 Å². The van der Waals surface area contributed by atoms with Crippen molar-refractivity contribution in [1.82, 2.24) is 10.3 Å². The average Bonchev–Trinajstić information content (AvgIpc) is 3.52. The molecule has 0 saturated carbocycles. The summed E-state index contributed by atoms with van der Waals surface area (Å²) in [7, 11) is 1.00. The lowest BCUT2D eigenvalue weighted by Gasteiger charge is -2.20. The number of hydrogen-bond acceptors (Lipinski definition) is 5. The fourth-order valence-electron chi connectivity index (χ4n) is 4.76. The first-order chi connectivity index (χ1) is 18.4. The van der Waals surface area contributed by atoms with Gasteiger partial charge in [-0.2, -0.15) is 0 Å². The highest BCUT2D eigenvalue weighted by atomic mass is 32.8. The number of nitrogens with one attached hydrogen (secondary N) is 1. The standard InChI is InChI=1S/C31H47N2OPS.CH4O/c1-7-15-26(16-8-2)30-28(20-22-32-21-13-12-14-23-35(34)25(6)36-35)24-33-31(29(30)19-11-5)27(17-9-3)18-10-4;1-2/h5,7,15-17,24-25,32H,8-10,12-14,18-23H2,1-4,6H3;2H,1H3/b15-7-,26-16+,27-17-;. The van der Waals surface area contributed by atoms with E-state index in [4.69, 9.17) is 16.5 Å². The Balaban J connectivity index is 0.00000352. The molecule has 2 N–H and O–H groups in total. The summed E-state index contributed by atoms with van der Waals surface area (Å²) >= 11 is 1.69. The van der Waals surface area contributed by atoms with E-state index in [1.54, 1.807) is 11.4 Å². The maximum absolute atomic E-state index is 12.3. The molecule has 1 aliphatic heterocycles. The molecular weight excluding hydrogens is 507 g/mol. The highest BCUT2D eigenvalue weighted by Crippen LogP contribution is 2.84. The Morgan fingerprint density at radius 3 is 2.47 bits per heavy atom. The second-order valence-corrected chi connectivity index (χ2v) is 16.0. The molecule has 2 rings (SSSR count). The summed E-state index contributed by atoms with van der Waals surface area (Å²) in [6.45, 7) is 12.7. The maximum atomic E-state index is 12.3. The second-order valence-electron chi connectivity index (χ2n) is 9.54. The summed E-state index contributed by atoms with van der Waals surface area (Å²) in [6.07, 6.45) is 25.0. The lowest BCUT2D eigenvalue weighted by molar-refractivity contribution is 0.399. The number of aliphatic hydroxyl groups excluding tert-OH is 1. The predicted octanol–water partition coefficient (Wildman–Crippen LogP) is 8.50. The summed E-state index contributed by atoms with van der Waals surface area (Å²) in [6, 6.07) is 0. The highest BCUT2D eigenvalue weighted by molar-refractivity contribution is 8.74. The maximum Gasteiger partial charge on any atom is 0.152 e. The van der Waals surface area contributed by atoms with Crippen molar-refractivity contribution >= 4 is 28.9 Å². The molecule has 0 aliphatic carbocycles. The molecule has 0 bridgehead atoms. The van der Waals surface area contributed by atoms with Crippen LogP contribution in [-0.4, -0.2) is 41.4 Å². The van der Waals surface area contributed by atoms with Gasteiger partial charge in [0.05, 0.1) is 10.7 Å². The Kier molecular flexibility index (Phi) is 17.7. The smallest absolute Gasteiger partial charge is 0.152 e. The van der Waals surface area contributed by atoms with E-state index in [9.17, 15) is 4.57 Å². The molecule has 1 aromatic rings. The zero-order valence-electron chi connectivity index (χ0n) is 24.7. The summed E-state index contributed by atoms with van der Waals surface area (Å²) in [4.78, 5) is 5.41. The number of pyridine rings is 1. The van der Waals surface area contributed by atoms with Gasteiger partial charge in [0.15, 0.2) is 6.34 Å². The van der Waals surface area contributed by atoms with Crippen molar-refractivity contribution in [3.63, 3.8) is 0 Å². The van der Waals surface area contributed by atoms with Crippen LogP contribution in [0.4, 0.5) is 0 Å². The minimum Gasteiger partial charge on any atom is -0.400 e. The minimum atomic E-state index is -1.81. The number of allylic oxidation sites excluding steroid dienone is 6. The average molecular weight is 559 g/mol. The monoisotopic (exact) mass is 558 g/mol. The van der Waals surface area contributed by atoms with Crippen LogP contribution in [0.5, 0.6) is 0 Å². The van der Waals surface area contributed by atoms with E-state index in [-0.39, 0.29) is 0 Å². The molecule has 1 aliphatic rings. The Labute approximate surface area is 237 Å². The molecule has 6 heteroatoms. The Morgan fingerprint density at radius 1 is 1.18 bits per heavy atom. The number of unbranched alkanes of at least 4 members (excludes halogenated alkanes) is 2. The van der Waals surface area contributed by atoms with Crippen molar-refractivity contribution < 1.29 is 9.67 Å². The van der Waals surface area contributed by atoms with Gasteiger partial charge in [0, 0.05) is 25.9 Å². The Bertz CT molecular complexity index is 1020. The molecule has 4 nitrogen and oxygen atoms in total. The molecule has 0 amide bonds. The van der Waals surface area contributed by atoms with Gasteiger partial charge < -0.3 is 15.0 Å². The van der Waals surface area contributed by atoms with Crippen LogP contribution in [0.2, 0.25) is 0 Å². The predicted molar refractivity (Wildman–Crippen MR) is 171 cm³/mol. The number of nitrogens with zero attached hydrogens (tertiary/aromatic N) is 1. The molecular formula is C32H51N2O2PS. The highest BCUT2D eigenvalue weighted by Gasteiger charge is 2.46. The lowest BCUT2D eigenvalue weighted by atomic mass is 9.87. The summed E-state index contributed by atoms with van der Waals surface area (Å²) in [5, 5.41) is 10.6. The fourth-order valence-corrected chi connectivity index (χ4v) is 9.70. The van der Waals surface area contributed by atoms with Gasteiger partial charge in [0.1, 0.15) is 0 Å². The molecule has 2 atom stereocenters. The van der Waals surface area contributed by atoms with Gasteiger partial charge in [-0.25, -0.2) is 0 Å².